The molecule has 1 aromatic heterocycles. The second-order valence-corrected chi connectivity index (χ2v) is 8.08. The Morgan fingerprint density at radius 2 is 1.93 bits per heavy atom. The molecular weight excluding hydrogens is 372 g/mol. The molecule has 0 spiro atoms. The summed E-state index contributed by atoms with van der Waals surface area (Å²) >= 11 is 1.29. The van der Waals surface area contributed by atoms with E-state index in [9.17, 15) is 4.79 Å². The normalized spacial score (nSPS) is 13.9. The maximum atomic E-state index is 12.8. The van der Waals surface area contributed by atoms with E-state index in [1.165, 1.54) is 29.3 Å². The zero-order valence-electron chi connectivity index (χ0n) is 16.0. The summed E-state index contributed by atoms with van der Waals surface area (Å²) in [6.45, 7) is 4.44. The maximum Gasteiger partial charge on any atom is 0.277 e. The van der Waals surface area contributed by atoms with Gasteiger partial charge in [-0.15, -0.1) is 10.2 Å². The monoisotopic (exact) mass is 394 g/mol. The first-order valence-electron chi connectivity index (χ1n) is 9.53. The molecule has 3 aromatic rings. The number of nitrogens with zero attached hydrogens (tertiary/aromatic N) is 2. The minimum atomic E-state index is -0.298. The first-order chi connectivity index (χ1) is 13.6. The molecule has 1 aliphatic carbocycles. The van der Waals surface area contributed by atoms with Crippen molar-refractivity contribution in [3.05, 3.63) is 59.2 Å². The van der Waals surface area contributed by atoms with E-state index in [2.05, 4.69) is 16.3 Å². The third kappa shape index (κ3) is 3.97. The van der Waals surface area contributed by atoms with Gasteiger partial charge in [0.15, 0.2) is 5.78 Å². The Morgan fingerprint density at radius 3 is 2.71 bits per heavy atom. The van der Waals surface area contributed by atoms with Crippen LogP contribution in [0.2, 0.25) is 0 Å². The molecule has 0 bridgehead atoms. The van der Waals surface area contributed by atoms with Crippen molar-refractivity contribution in [2.24, 2.45) is 0 Å². The molecule has 0 radical (unpaired) electrons. The summed E-state index contributed by atoms with van der Waals surface area (Å²) in [5.41, 5.74) is 4.25. The SMILES string of the molecule is CCOc1ccc(-c2nnc(S[C@H](C)C(=O)c3ccc4c(c3)CCC4)o2)cc1. The van der Waals surface area contributed by atoms with Crippen molar-refractivity contribution < 1.29 is 13.9 Å². The molecule has 4 rings (SSSR count). The smallest absolute Gasteiger partial charge is 0.277 e. The van der Waals surface area contributed by atoms with Crippen LogP contribution in [0.4, 0.5) is 0 Å². The largest absolute Gasteiger partial charge is 0.494 e. The second kappa shape index (κ2) is 8.19. The molecule has 1 aliphatic rings. The van der Waals surface area contributed by atoms with Crippen molar-refractivity contribution in [2.75, 3.05) is 6.61 Å². The molecule has 1 heterocycles. The molecule has 0 N–H and O–H groups in total. The average Bonchev–Trinajstić information content (AvgIpc) is 3.37. The molecule has 5 nitrogen and oxygen atoms in total. The molecule has 0 fully saturated rings. The van der Waals surface area contributed by atoms with Crippen LogP contribution in [0, 0.1) is 0 Å². The predicted molar refractivity (Wildman–Crippen MR) is 109 cm³/mol. The van der Waals surface area contributed by atoms with Crippen LogP contribution in [0.1, 0.15) is 41.8 Å². The van der Waals surface area contributed by atoms with E-state index < -0.39 is 0 Å². The number of thioether (sulfide) groups is 1. The van der Waals surface area contributed by atoms with E-state index in [0.29, 0.717) is 17.7 Å². The zero-order chi connectivity index (χ0) is 19.5. The van der Waals surface area contributed by atoms with Gasteiger partial charge in [-0.1, -0.05) is 23.9 Å². The van der Waals surface area contributed by atoms with E-state index in [1.54, 1.807) is 0 Å². The van der Waals surface area contributed by atoms with Gasteiger partial charge in [0.25, 0.3) is 5.22 Å². The molecule has 0 aliphatic heterocycles. The summed E-state index contributed by atoms with van der Waals surface area (Å²) < 4.78 is 11.2. The first kappa shape index (κ1) is 18.7. The fourth-order valence-electron chi connectivity index (χ4n) is 3.40. The number of aromatic nitrogens is 2. The summed E-state index contributed by atoms with van der Waals surface area (Å²) in [5.74, 6) is 1.32. The van der Waals surface area contributed by atoms with Gasteiger partial charge in [0.2, 0.25) is 5.89 Å². The van der Waals surface area contributed by atoms with Gasteiger partial charge < -0.3 is 9.15 Å². The third-order valence-corrected chi connectivity index (χ3v) is 5.78. The lowest BCUT2D eigenvalue weighted by atomic mass is 10.0. The van der Waals surface area contributed by atoms with Gasteiger partial charge in [0, 0.05) is 11.1 Å². The van der Waals surface area contributed by atoms with Crippen molar-refractivity contribution in [1.82, 2.24) is 10.2 Å². The molecule has 0 amide bonds. The second-order valence-electron chi connectivity index (χ2n) is 6.79. The van der Waals surface area contributed by atoms with Gasteiger partial charge in [-0.05, 0) is 74.6 Å². The fraction of sp³-hybridized carbons (Fsp3) is 0.318. The first-order valence-corrected chi connectivity index (χ1v) is 10.4. The Balaban J connectivity index is 1.43. The van der Waals surface area contributed by atoms with Crippen LogP contribution < -0.4 is 4.74 Å². The number of fused-ring (bicyclic) bond motifs is 1. The molecule has 0 unspecified atom stereocenters. The van der Waals surface area contributed by atoms with E-state index in [0.717, 1.165) is 29.7 Å². The Labute approximate surface area is 168 Å². The molecular formula is C22H22N2O3S. The average molecular weight is 394 g/mol. The summed E-state index contributed by atoms with van der Waals surface area (Å²) in [6.07, 6.45) is 3.35. The topological polar surface area (TPSA) is 65.2 Å². The van der Waals surface area contributed by atoms with E-state index in [1.807, 2.05) is 50.2 Å². The summed E-state index contributed by atoms with van der Waals surface area (Å²) in [4.78, 5) is 12.8. The van der Waals surface area contributed by atoms with Crippen LogP contribution in [0.5, 0.6) is 5.75 Å². The lowest BCUT2D eigenvalue weighted by Gasteiger charge is -2.09. The van der Waals surface area contributed by atoms with Gasteiger partial charge >= 0.3 is 0 Å². The van der Waals surface area contributed by atoms with Gasteiger partial charge in [-0.25, -0.2) is 0 Å². The molecule has 0 saturated carbocycles. The molecule has 2 aromatic carbocycles. The number of ketones is 1. The summed E-state index contributed by atoms with van der Waals surface area (Å²) in [7, 11) is 0. The van der Waals surface area contributed by atoms with Crippen molar-refractivity contribution in [3.8, 4) is 17.2 Å². The Morgan fingerprint density at radius 1 is 1.14 bits per heavy atom. The van der Waals surface area contributed by atoms with E-state index in [4.69, 9.17) is 9.15 Å². The van der Waals surface area contributed by atoms with Gasteiger partial charge in [0.05, 0.1) is 11.9 Å². The maximum absolute atomic E-state index is 12.8. The van der Waals surface area contributed by atoms with Gasteiger partial charge in [0.1, 0.15) is 5.75 Å². The number of ether oxygens (including phenoxy) is 1. The number of aryl methyl sites for hydroxylation is 2. The highest BCUT2D eigenvalue weighted by Gasteiger charge is 2.22. The lowest BCUT2D eigenvalue weighted by molar-refractivity contribution is 0.0993. The standard InChI is InChI=1S/C22H22N2O3S/c1-3-26-19-11-9-16(10-12-19)21-23-24-22(27-21)28-14(2)20(25)18-8-7-15-5-4-6-17(15)13-18/h7-14H,3-6H2,1-2H3/t14-/m1/s1. The molecule has 144 valence electrons. The van der Waals surface area contributed by atoms with Crippen LogP contribution in [-0.4, -0.2) is 27.8 Å². The lowest BCUT2D eigenvalue weighted by Crippen LogP contribution is -2.13. The van der Waals surface area contributed by atoms with Gasteiger partial charge in [-0.3, -0.25) is 4.79 Å². The van der Waals surface area contributed by atoms with E-state index in [-0.39, 0.29) is 11.0 Å². The van der Waals surface area contributed by atoms with Crippen molar-refractivity contribution in [1.29, 1.82) is 0 Å². The van der Waals surface area contributed by atoms with Gasteiger partial charge in [-0.2, -0.15) is 0 Å². The van der Waals surface area contributed by atoms with Crippen LogP contribution >= 0.6 is 11.8 Å². The van der Waals surface area contributed by atoms with Crippen molar-refractivity contribution in [2.45, 2.75) is 43.6 Å². The minimum Gasteiger partial charge on any atom is -0.494 e. The number of hydrogen-bond donors (Lipinski definition) is 0. The summed E-state index contributed by atoms with van der Waals surface area (Å²) in [6, 6.07) is 13.6. The number of rotatable bonds is 7. The number of Topliss-reactive ketones (excluding diaryl/α,β-unsaturated/α-hetero) is 1. The molecule has 28 heavy (non-hydrogen) atoms. The van der Waals surface area contributed by atoms with Crippen LogP contribution in [0.25, 0.3) is 11.5 Å². The fourth-order valence-corrected chi connectivity index (χ4v) is 4.16. The van der Waals surface area contributed by atoms with Crippen LogP contribution in [0.15, 0.2) is 52.1 Å². The highest BCUT2D eigenvalue weighted by atomic mass is 32.2. The molecule has 6 heteroatoms. The number of benzene rings is 2. The molecule has 1 atom stereocenters. The van der Waals surface area contributed by atoms with Crippen molar-refractivity contribution in [3.63, 3.8) is 0 Å². The van der Waals surface area contributed by atoms with Crippen LogP contribution in [-0.2, 0) is 12.8 Å². The quantitative estimate of drug-likeness (QED) is 0.416. The number of carbonyl (C=O) groups excluding carboxylic acids is 1. The Bertz CT molecular complexity index is 982. The third-order valence-electron chi connectivity index (χ3n) is 4.85. The predicted octanol–water partition coefficient (Wildman–Crippen LogP) is 4.99. The minimum absolute atomic E-state index is 0.0838. The van der Waals surface area contributed by atoms with Crippen LogP contribution in [0.3, 0.4) is 0 Å². The Hall–Kier alpha value is -2.60. The van der Waals surface area contributed by atoms with E-state index >= 15 is 0 Å². The highest BCUT2D eigenvalue weighted by Crippen LogP contribution is 2.30. The Kier molecular flexibility index (Phi) is 5.48. The zero-order valence-corrected chi connectivity index (χ0v) is 16.8. The number of carbonyl (C=O) groups is 1. The molecule has 0 saturated heterocycles. The number of hydrogen-bond acceptors (Lipinski definition) is 6. The van der Waals surface area contributed by atoms with Crippen molar-refractivity contribution >= 4 is 17.5 Å². The highest BCUT2D eigenvalue weighted by molar-refractivity contribution is 8.00. The summed E-state index contributed by atoms with van der Waals surface area (Å²) in [5, 5.41) is 8.29.